The van der Waals surface area contributed by atoms with Crippen LogP contribution in [-0.2, 0) is 9.59 Å². The number of carbonyl (C=O) groups excluding carboxylic acids is 2. The monoisotopic (exact) mass is 224 g/mol. The molecular weight excluding hydrogens is 204 g/mol. The van der Waals surface area contributed by atoms with Crippen molar-refractivity contribution in [3.05, 3.63) is 0 Å². The molecule has 1 saturated heterocycles. The number of hydrogen-bond donors (Lipinski definition) is 1. The van der Waals surface area contributed by atoms with E-state index in [1.54, 1.807) is 18.7 Å². The van der Waals surface area contributed by atoms with Crippen molar-refractivity contribution in [1.29, 1.82) is 0 Å². The molecule has 1 heterocycles. The van der Waals surface area contributed by atoms with Gasteiger partial charge < -0.3 is 10.2 Å². The summed E-state index contributed by atoms with van der Waals surface area (Å²) in [5, 5.41) is 2.72. The first kappa shape index (κ1) is 11.4. The van der Waals surface area contributed by atoms with Crippen LogP contribution in [0.1, 0.15) is 34.1 Å². The van der Waals surface area contributed by atoms with Crippen molar-refractivity contribution in [2.45, 2.75) is 39.7 Å². The van der Waals surface area contributed by atoms with Crippen molar-refractivity contribution in [3.63, 3.8) is 0 Å². The van der Waals surface area contributed by atoms with Gasteiger partial charge in [0, 0.05) is 6.54 Å². The molecule has 0 aromatic heterocycles. The summed E-state index contributed by atoms with van der Waals surface area (Å²) in [7, 11) is 0. The van der Waals surface area contributed by atoms with Crippen molar-refractivity contribution in [1.82, 2.24) is 10.2 Å². The molecule has 1 aliphatic heterocycles. The van der Waals surface area contributed by atoms with E-state index in [-0.39, 0.29) is 18.4 Å². The van der Waals surface area contributed by atoms with E-state index in [1.165, 1.54) is 0 Å². The maximum absolute atomic E-state index is 12.1. The second-order valence-corrected chi connectivity index (χ2v) is 6.25. The molecule has 16 heavy (non-hydrogen) atoms. The van der Waals surface area contributed by atoms with Gasteiger partial charge >= 0.3 is 0 Å². The van der Waals surface area contributed by atoms with E-state index in [4.69, 9.17) is 0 Å². The van der Waals surface area contributed by atoms with Gasteiger partial charge in [0.1, 0.15) is 5.54 Å². The van der Waals surface area contributed by atoms with E-state index in [0.29, 0.717) is 11.3 Å². The van der Waals surface area contributed by atoms with Gasteiger partial charge in [-0.2, -0.15) is 0 Å². The molecule has 2 amide bonds. The zero-order valence-electron chi connectivity index (χ0n) is 10.5. The normalized spacial score (nSPS) is 31.2. The molecule has 90 valence electrons. The molecule has 0 bridgehead atoms. The van der Waals surface area contributed by atoms with Gasteiger partial charge in [-0.25, -0.2) is 0 Å². The summed E-state index contributed by atoms with van der Waals surface area (Å²) < 4.78 is 0. The van der Waals surface area contributed by atoms with Crippen LogP contribution in [0.5, 0.6) is 0 Å². The second kappa shape index (κ2) is 3.22. The van der Waals surface area contributed by atoms with E-state index in [1.807, 2.05) is 0 Å². The minimum Gasteiger partial charge on any atom is -0.341 e. The SMILES string of the molecule is CC1(C)NC(=O)CN(CC2CC2(C)C)C1=O. The Morgan fingerprint density at radius 1 is 1.31 bits per heavy atom. The molecule has 0 spiro atoms. The van der Waals surface area contributed by atoms with E-state index in [2.05, 4.69) is 19.2 Å². The Balaban J connectivity index is 2.04. The number of hydrogen-bond acceptors (Lipinski definition) is 2. The molecule has 2 fully saturated rings. The van der Waals surface area contributed by atoms with Crippen LogP contribution in [0.15, 0.2) is 0 Å². The zero-order valence-corrected chi connectivity index (χ0v) is 10.5. The van der Waals surface area contributed by atoms with Gasteiger partial charge in [0.25, 0.3) is 0 Å². The van der Waals surface area contributed by atoms with E-state index < -0.39 is 5.54 Å². The first-order chi connectivity index (χ1) is 7.22. The molecule has 2 aliphatic rings. The lowest BCUT2D eigenvalue weighted by atomic mass is 9.99. The van der Waals surface area contributed by atoms with Crippen molar-refractivity contribution in [2.24, 2.45) is 11.3 Å². The van der Waals surface area contributed by atoms with Gasteiger partial charge in [-0.3, -0.25) is 9.59 Å². The first-order valence-electron chi connectivity index (χ1n) is 5.83. The van der Waals surface area contributed by atoms with E-state index in [0.717, 1.165) is 13.0 Å². The van der Waals surface area contributed by atoms with Crippen LogP contribution in [-0.4, -0.2) is 35.3 Å². The van der Waals surface area contributed by atoms with Crippen LogP contribution in [0.3, 0.4) is 0 Å². The molecule has 1 N–H and O–H groups in total. The van der Waals surface area contributed by atoms with Crippen LogP contribution in [0.25, 0.3) is 0 Å². The lowest BCUT2D eigenvalue weighted by molar-refractivity contribution is -0.148. The summed E-state index contributed by atoms with van der Waals surface area (Å²) in [4.78, 5) is 25.3. The van der Waals surface area contributed by atoms with Crippen LogP contribution in [0.4, 0.5) is 0 Å². The van der Waals surface area contributed by atoms with Crippen LogP contribution >= 0.6 is 0 Å². The number of nitrogens with zero attached hydrogens (tertiary/aromatic N) is 1. The zero-order chi connectivity index (χ0) is 12.1. The highest BCUT2D eigenvalue weighted by Gasteiger charge is 2.49. The predicted octanol–water partition coefficient (Wildman–Crippen LogP) is 0.769. The Morgan fingerprint density at radius 2 is 1.88 bits per heavy atom. The fraction of sp³-hybridized carbons (Fsp3) is 0.833. The third kappa shape index (κ3) is 1.93. The van der Waals surface area contributed by atoms with Crippen molar-refractivity contribution in [3.8, 4) is 0 Å². The van der Waals surface area contributed by atoms with Crippen molar-refractivity contribution < 1.29 is 9.59 Å². The smallest absolute Gasteiger partial charge is 0.248 e. The first-order valence-corrected chi connectivity index (χ1v) is 5.83. The van der Waals surface area contributed by atoms with Gasteiger partial charge in [0.2, 0.25) is 11.8 Å². The highest BCUT2D eigenvalue weighted by Crippen LogP contribution is 2.51. The lowest BCUT2D eigenvalue weighted by Crippen LogP contribution is -2.64. The topological polar surface area (TPSA) is 49.4 Å². The molecule has 1 aliphatic carbocycles. The minimum absolute atomic E-state index is 0.0369. The third-order valence-corrected chi connectivity index (χ3v) is 3.77. The molecule has 1 unspecified atom stereocenters. The molecule has 4 nitrogen and oxygen atoms in total. The quantitative estimate of drug-likeness (QED) is 0.753. The summed E-state index contributed by atoms with van der Waals surface area (Å²) in [5.41, 5.74) is -0.396. The fourth-order valence-electron chi connectivity index (χ4n) is 2.38. The summed E-state index contributed by atoms with van der Waals surface area (Å²) in [6.45, 7) is 8.88. The Morgan fingerprint density at radius 3 is 2.38 bits per heavy atom. The predicted molar refractivity (Wildman–Crippen MR) is 60.7 cm³/mol. The summed E-state index contributed by atoms with van der Waals surface area (Å²) >= 11 is 0. The Labute approximate surface area is 96.4 Å². The Kier molecular flexibility index (Phi) is 2.30. The molecule has 2 rings (SSSR count). The average molecular weight is 224 g/mol. The highest BCUT2D eigenvalue weighted by molar-refractivity contribution is 5.97. The second-order valence-electron chi connectivity index (χ2n) is 6.25. The van der Waals surface area contributed by atoms with Gasteiger partial charge in [0.15, 0.2) is 0 Å². The molecule has 1 saturated carbocycles. The van der Waals surface area contributed by atoms with Gasteiger partial charge in [-0.05, 0) is 31.6 Å². The Hall–Kier alpha value is -1.06. The van der Waals surface area contributed by atoms with Crippen molar-refractivity contribution >= 4 is 11.8 Å². The number of carbonyl (C=O) groups is 2. The molecule has 4 heteroatoms. The number of amides is 2. The molecule has 0 aromatic carbocycles. The van der Waals surface area contributed by atoms with Crippen LogP contribution < -0.4 is 5.32 Å². The maximum atomic E-state index is 12.1. The summed E-state index contributed by atoms with van der Waals surface area (Å²) in [6, 6.07) is 0. The maximum Gasteiger partial charge on any atom is 0.248 e. The van der Waals surface area contributed by atoms with Crippen molar-refractivity contribution in [2.75, 3.05) is 13.1 Å². The van der Waals surface area contributed by atoms with Crippen LogP contribution in [0, 0.1) is 11.3 Å². The minimum atomic E-state index is -0.742. The fourth-order valence-corrected chi connectivity index (χ4v) is 2.38. The molecule has 1 atom stereocenters. The molecule has 0 radical (unpaired) electrons. The van der Waals surface area contributed by atoms with Crippen LogP contribution in [0.2, 0.25) is 0 Å². The van der Waals surface area contributed by atoms with Gasteiger partial charge in [0.05, 0.1) is 6.54 Å². The largest absolute Gasteiger partial charge is 0.341 e. The summed E-state index contributed by atoms with van der Waals surface area (Å²) in [6.07, 6.45) is 1.15. The molecule has 0 aromatic rings. The standard InChI is InChI=1S/C12H20N2O2/c1-11(2)5-8(11)6-14-7-9(15)13-12(3,4)10(14)16/h8H,5-7H2,1-4H3,(H,13,15). The number of piperazine rings is 1. The lowest BCUT2D eigenvalue weighted by Gasteiger charge is -2.37. The van der Waals surface area contributed by atoms with Gasteiger partial charge in [-0.15, -0.1) is 0 Å². The highest BCUT2D eigenvalue weighted by atomic mass is 16.2. The molecular formula is C12H20N2O2. The number of rotatable bonds is 2. The summed E-state index contributed by atoms with van der Waals surface area (Å²) in [5.74, 6) is 0.538. The number of nitrogens with one attached hydrogen (secondary N) is 1. The van der Waals surface area contributed by atoms with Gasteiger partial charge in [-0.1, -0.05) is 13.8 Å². The third-order valence-electron chi connectivity index (χ3n) is 3.77. The van der Waals surface area contributed by atoms with E-state index in [9.17, 15) is 9.59 Å². The Bertz CT molecular complexity index is 347. The van der Waals surface area contributed by atoms with E-state index >= 15 is 0 Å². The average Bonchev–Trinajstić information content (AvgIpc) is 2.68.